The molecular weight excluding hydrogens is 266 g/mol. The van der Waals surface area contributed by atoms with E-state index in [0.717, 1.165) is 30.2 Å². The van der Waals surface area contributed by atoms with Gasteiger partial charge in [-0.05, 0) is 24.6 Å². The van der Waals surface area contributed by atoms with Gasteiger partial charge in [0.1, 0.15) is 6.33 Å². The monoisotopic (exact) mass is 285 g/mol. The molecule has 1 aliphatic rings. The Morgan fingerprint density at radius 1 is 1.38 bits per heavy atom. The van der Waals surface area contributed by atoms with E-state index in [1.807, 2.05) is 35.9 Å². The van der Waals surface area contributed by atoms with E-state index in [-0.39, 0.29) is 11.8 Å². The molecule has 3 rings (SSSR count). The summed E-state index contributed by atoms with van der Waals surface area (Å²) in [6.07, 6.45) is 1.65. The molecule has 0 saturated carbocycles. The number of aromatic nitrogens is 3. The Labute approximate surface area is 123 Å². The Balaban J connectivity index is 1.86. The van der Waals surface area contributed by atoms with Gasteiger partial charge in [0.2, 0.25) is 5.91 Å². The molecule has 2 N–H and O–H groups in total. The van der Waals surface area contributed by atoms with Gasteiger partial charge in [0.05, 0.1) is 11.6 Å². The number of carbonyl (C=O) groups is 1. The fraction of sp³-hybridized carbons (Fsp3) is 0.400. The van der Waals surface area contributed by atoms with Crippen LogP contribution in [0.2, 0.25) is 0 Å². The molecular formula is C15H19N5O. The Bertz CT molecular complexity index is 651. The van der Waals surface area contributed by atoms with Crippen LogP contribution in [0.4, 0.5) is 5.69 Å². The van der Waals surface area contributed by atoms with E-state index in [1.54, 1.807) is 6.33 Å². The summed E-state index contributed by atoms with van der Waals surface area (Å²) in [4.78, 5) is 12.4. The maximum atomic E-state index is 12.4. The Morgan fingerprint density at radius 2 is 2.19 bits per heavy atom. The first kappa shape index (κ1) is 13.8. The highest BCUT2D eigenvalue weighted by atomic mass is 16.1. The summed E-state index contributed by atoms with van der Waals surface area (Å²) in [5.41, 5.74) is 1.65. The first-order chi connectivity index (χ1) is 10.2. The van der Waals surface area contributed by atoms with E-state index in [1.165, 1.54) is 0 Å². The van der Waals surface area contributed by atoms with Crippen molar-refractivity contribution < 1.29 is 4.79 Å². The molecule has 0 spiro atoms. The van der Waals surface area contributed by atoms with Crippen molar-refractivity contribution in [3.63, 3.8) is 0 Å². The molecule has 2 heterocycles. The smallest absolute Gasteiger partial charge is 0.229 e. The zero-order chi connectivity index (χ0) is 14.8. The van der Waals surface area contributed by atoms with Crippen LogP contribution in [0.25, 0.3) is 11.4 Å². The Morgan fingerprint density at radius 3 is 2.86 bits per heavy atom. The number of anilines is 1. The van der Waals surface area contributed by atoms with E-state index >= 15 is 0 Å². The van der Waals surface area contributed by atoms with Gasteiger partial charge in [-0.25, -0.2) is 0 Å². The fourth-order valence-corrected chi connectivity index (χ4v) is 2.70. The second-order valence-electron chi connectivity index (χ2n) is 5.54. The van der Waals surface area contributed by atoms with Crippen LogP contribution >= 0.6 is 0 Å². The van der Waals surface area contributed by atoms with Gasteiger partial charge in [-0.1, -0.05) is 19.1 Å². The standard InChI is InChI=1S/C15H19N5O/c1-10-7-16-8-12(10)15(21)18-13-6-4-3-5-11(13)14-19-17-9-20(14)2/h3-6,9-10,12,16H,7-8H2,1-2H3,(H,18,21)/t10-,12-/m1/s1. The number of para-hydroxylation sites is 1. The highest BCUT2D eigenvalue weighted by Crippen LogP contribution is 2.27. The molecule has 6 heteroatoms. The summed E-state index contributed by atoms with van der Waals surface area (Å²) >= 11 is 0. The predicted octanol–water partition coefficient (Wildman–Crippen LogP) is 1.28. The van der Waals surface area contributed by atoms with Crippen molar-refractivity contribution in [3.8, 4) is 11.4 Å². The molecule has 1 amide bonds. The van der Waals surface area contributed by atoms with E-state index in [9.17, 15) is 4.79 Å². The van der Waals surface area contributed by atoms with Gasteiger partial charge in [0, 0.05) is 19.2 Å². The van der Waals surface area contributed by atoms with Crippen LogP contribution in [0.15, 0.2) is 30.6 Å². The number of benzene rings is 1. The van der Waals surface area contributed by atoms with Crippen molar-refractivity contribution >= 4 is 11.6 Å². The average molecular weight is 285 g/mol. The van der Waals surface area contributed by atoms with Crippen LogP contribution in [0.1, 0.15) is 6.92 Å². The molecule has 1 aromatic heterocycles. The van der Waals surface area contributed by atoms with E-state index in [0.29, 0.717) is 5.92 Å². The molecule has 0 bridgehead atoms. The molecule has 0 radical (unpaired) electrons. The lowest BCUT2D eigenvalue weighted by atomic mass is 9.97. The van der Waals surface area contributed by atoms with Gasteiger partial charge in [-0.2, -0.15) is 0 Å². The number of hydrogen-bond acceptors (Lipinski definition) is 4. The molecule has 1 fully saturated rings. The second kappa shape index (κ2) is 5.65. The van der Waals surface area contributed by atoms with Crippen molar-refractivity contribution in [2.45, 2.75) is 6.92 Å². The highest BCUT2D eigenvalue weighted by molar-refractivity contribution is 5.96. The number of aryl methyl sites for hydroxylation is 1. The maximum Gasteiger partial charge on any atom is 0.229 e. The summed E-state index contributed by atoms with van der Waals surface area (Å²) in [6.45, 7) is 3.72. The number of carbonyl (C=O) groups excluding carboxylic acids is 1. The second-order valence-corrected chi connectivity index (χ2v) is 5.54. The van der Waals surface area contributed by atoms with Gasteiger partial charge < -0.3 is 15.2 Å². The van der Waals surface area contributed by atoms with E-state index < -0.39 is 0 Å². The zero-order valence-electron chi connectivity index (χ0n) is 12.2. The van der Waals surface area contributed by atoms with Gasteiger partial charge >= 0.3 is 0 Å². The molecule has 2 atom stereocenters. The minimum atomic E-state index is 0.0116. The summed E-state index contributed by atoms with van der Waals surface area (Å²) in [6, 6.07) is 7.68. The maximum absolute atomic E-state index is 12.4. The number of rotatable bonds is 3. The van der Waals surface area contributed by atoms with Gasteiger partial charge in [0.25, 0.3) is 0 Å². The van der Waals surface area contributed by atoms with Crippen LogP contribution < -0.4 is 10.6 Å². The summed E-state index contributed by atoms with van der Waals surface area (Å²) in [5, 5.41) is 14.3. The van der Waals surface area contributed by atoms with Crippen LogP contribution in [0, 0.1) is 11.8 Å². The molecule has 0 unspecified atom stereocenters. The molecule has 0 aliphatic carbocycles. The normalized spacial score (nSPS) is 21.4. The van der Waals surface area contributed by atoms with Crippen LogP contribution in [0.5, 0.6) is 0 Å². The summed E-state index contributed by atoms with van der Waals surface area (Å²) in [5.74, 6) is 1.16. The minimum absolute atomic E-state index is 0.0116. The van der Waals surface area contributed by atoms with Crippen molar-refractivity contribution in [1.82, 2.24) is 20.1 Å². The quantitative estimate of drug-likeness (QED) is 0.891. The molecule has 110 valence electrons. The van der Waals surface area contributed by atoms with Gasteiger partial charge in [0.15, 0.2) is 5.82 Å². The lowest BCUT2D eigenvalue weighted by Gasteiger charge is -2.16. The fourth-order valence-electron chi connectivity index (χ4n) is 2.70. The summed E-state index contributed by atoms with van der Waals surface area (Å²) in [7, 11) is 1.89. The third-order valence-electron chi connectivity index (χ3n) is 3.99. The molecule has 6 nitrogen and oxygen atoms in total. The van der Waals surface area contributed by atoms with Crippen LogP contribution in [-0.2, 0) is 11.8 Å². The SMILES string of the molecule is C[C@@H]1CNC[C@H]1C(=O)Nc1ccccc1-c1nncn1C. The molecule has 1 aromatic carbocycles. The molecule has 1 saturated heterocycles. The first-order valence-electron chi connectivity index (χ1n) is 7.12. The van der Waals surface area contributed by atoms with Crippen molar-refractivity contribution in [2.24, 2.45) is 18.9 Å². The Hall–Kier alpha value is -2.21. The van der Waals surface area contributed by atoms with Crippen molar-refractivity contribution in [1.29, 1.82) is 0 Å². The van der Waals surface area contributed by atoms with Gasteiger partial charge in [-0.15, -0.1) is 10.2 Å². The summed E-state index contributed by atoms with van der Waals surface area (Å²) < 4.78 is 1.84. The molecule has 21 heavy (non-hydrogen) atoms. The topological polar surface area (TPSA) is 71.8 Å². The van der Waals surface area contributed by atoms with E-state index in [2.05, 4.69) is 27.8 Å². The number of nitrogens with one attached hydrogen (secondary N) is 2. The van der Waals surface area contributed by atoms with Crippen LogP contribution in [-0.4, -0.2) is 33.8 Å². The predicted molar refractivity (Wildman–Crippen MR) is 80.6 cm³/mol. The highest BCUT2D eigenvalue weighted by Gasteiger charge is 2.30. The first-order valence-corrected chi connectivity index (χ1v) is 7.12. The number of nitrogens with zero attached hydrogens (tertiary/aromatic N) is 3. The third kappa shape index (κ3) is 2.67. The van der Waals surface area contributed by atoms with Gasteiger partial charge in [-0.3, -0.25) is 4.79 Å². The third-order valence-corrected chi connectivity index (χ3v) is 3.99. The zero-order valence-corrected chi connectivity index (χ0v) is 12.2. The largest absolute Gasteiger partial charge is 0.325 e. The minimum Gasteiger partial charge on any atom is -0.325 e. The number of hydrogen-bond donors (Lipinski definition) is 2. The lowest BCUT2D eigenvalue weighted by molar-refractivity contribution is -0.120. The van der Waals surface area contributed by atoms with Crippen molar-refractivity contribution in [2.75, 3.05) is 18.4 Å². The average Bonchev–Trinajstić information content (AvgIpc) is 3.08. The van der Waals surface area contributed by atoms with Crippen molar-refractivity contribution in [3.05, 3.63) is 30.6 Å². The molecule has 2 aromatic rings. The molecule has 1 aliphatic heterocycles. The van der Waals surface area contributed by atoms with E-state index in [4.69, 9.17) is 0 Å². The number of amides is 1. The van der Waals surface area contributed by atoms with Crippen LogP contribution in [0.3, 0.4) is 0 Å². The lowest BCUT2D eigenvalue weighted by Crippen LogP contribution is -2.28. The Kier molecular flexibility index (Phi) is 3.70.